The lowest BCUT2D eigenvalue weighted by Gasteiger charge is -2.18. The maximum atomic E-state index is 5.66. The summed E-state index contributed by atoms with van der Waals surface area (Å²) in [5.41, 5.74) is 1.05. The number of hydrazine groups is 1. The summed E-state index contributed by atoms with van der Waals surface area (Å²) in [7, 11) is 0. The molecule has 64 valence electrons. The fourth-order valence-electron chi connectivity index (χ4n) is 1.02. The fraction of sp³-hybridized carbons (Fsp3) is 0.222. The molecule has 0 bridgehead atoms. The van der Waals surface area contributed by atoms with Crippen molar-refractivity contribution >= 4 is 6.21 Å². The van der Waals surface area contributed by atoms with Gasteiger partial charge >= 0.3 is 0 Å². The monoisotopic (exact) mass is 163 g/mol. The average molecular weight is 163 g/mol. The van der Waals surface area contributed by atoms with Gasteiger partial charge in [-0.2, -0.15) is 0 Å². The van der Waals surface area contributed by atoms with Crippen molar-refractivity contribution in [2.75, 3.05) is 0 Å². The Bertz CT molecular complexity index is 261. The van der Waals surface area contributed by atoms with Crippen LogP contribution in [-0.4, -0.2) is 11.2 Å². The Kier molecular flexibility index (Phi) is 2.82. The van der Waals surface area contributed by atoms with Crippen LogP contribution in [0.2, 0.25) is 0 Å². The molecule has 0 spiro atoms. The number of aliphatic imine (C=N–C) groups is 1. The molecule has 3 heteroatoms. The zero-order valence-corrected chi connectivity index (χ0v) is 7.20. The predicted octanol–water partition coefficient (Wildman–Crippen LogP) is 1.57. The fourth-order valence-corrected chi connectivity index (χ4v) is 1.02. The average Bonchev–Trinajstić information content (AvgIpc) is 2.10. The summed E-state index contributed by atoms with van der Waals surface area (Å²) in [5, 5.41) is 1.50. The Morgan fingerprint density at radius 1 is 1.83 bits per heavy atom. The van der Waals surface area contributed by atoms with Gasteiger partial charge in [-0.25, -0.2) is 10.8 Å². The van der Waals surface area contributed by atoms with Crippen LogP contribution in [-0.2, 0) is 0 Å². The molecular formula is C9H13N3. The van der Waals surface area contributed by atoms with Crippen molar-refractivity contribution in [2.45, 2.75) is 13.3 Å². The van der Waals surface area contributed by atoms with Gasteiger partial charge in [0.2, 0.25) is 0 Å². The van der Waals surface area contributed by atoms with E-state index in [0.717, 1.165) is 17.8 Å². The third-order valence-electron chi connectivity index (χ3n) is 1.69. The van der Waals surface area contributed by atoms with Crippen LogP contribution < -0.4 is 5.84 Å². The molecule has 0 amide bonds. The summed E-state index contributed by atoms with van der Waals surface area (Å²) >= 11 is 0. The number of rotatable bonds is 2. The van der Waals surface area contributed by atoms with E-state index in [1.165, 1.54) is 5.01 Å². The lowest BCUT2D eigenvalue weighted by Crippen LogP contribution is -2.26. The van der Waals surface area contributed by atoms with Crippen LogP contribution in [0.15, 0.2) is 41.3 Å². The van der Waals surface area contributed by atoms with E-state index in [-0.39, 0.29) is 0 Å². The van der Waals surface area contributed by atoms with Gasteiger partial charge in [-0.15, -0.1) is 0 Å². The van der Waals surface area contributed by atoms with Crippen molar-refractivity contribution < 1.29 is 0 Å². The van der Waals surface area contributed by atoms with Crippen molar-refractivity contribution in [2.24, 2.45) is 10.8 Å². The molecule has 0 radical (unpaired) electrons. The Morgan fingerprint density at radius 2 is 2.58 bits per heavy atom. The highest BCUT2D eigenvalue weighted by molar-refractivity contribution is 5.73. The molecule has 0 unspecified atom stereocenters. The van der Waals surface area contributed by atoms with Crippen LogP contribution in [0.25, 0.3) is 0 Å². The minimum Gasteiger partial charge on any atom is -0.269 e. The van der Waals surface area contributed by atoms with E-state index in [2.05, 4.69) is 11.6 Å². The highest BCUT2D eigenvalue weighted by Crippen LogP contribution is 2.15. The van der Waals surface area contributed by atoms with E-state index in [1.54, 1.807) is 24.6 Å². The third kappa shape index (κ3) is 1.62. The van der Waals surface area contributed by atoms with Crippen molar-refractivity contribution in [1.29, 1.82) is 0 Å². The van der Waals surface area contributed by atoms with Crippen LogP contribution >= 0.6 is 0 Å². The minimum atomic E-state index is 0.773. The molecule has 0 aromatic heterocycles. The van der Waals surface area contributed by atoms with Gasteiger partial charge in [0.1, 0.15) is 5.82 Å². The lowest BCUT2D eigenvalue weighted by molar-refractivity contribution is 0.478. The molecule has 0 aromatic rings. The van der Waals surface area contributed by atoms with Crippen molar-refractivity contribution in [3.63, 3.8) is 0 Å². The molecule has 0 saturated carbocycles. The Morgan fingerprint density at radius 3 is 3.08 bits per heavy atom. The molecule has 0 saturated heterocycles. The highest BCUT2D eigenvalue weighted by Gasteiger charge is 2.06. The largest absolute Gasteiger partial charge is 0.269 e. The van der Waals surface area contributed by atoms with Crippen LogP contribution in [0.5, 0.6) is 0 Å². The molecular weight excluding hydrogens is 150 g/mol. The van der Waals surface area contributed by atoms with Gasteiger partial charge in [0.15, 0.2) is 0 Å². The van der Waals surface area contributed by atoms with E-state index in [9.17, 15) is 0 Å². The standard InChI is InChI=1S/C9H13N3/c1-3-8(4-2)9-11-6-5-7-12(9)10/h3,5-7H,1,4,10H2,2H3/b9-8+. The van der Waals surface area contributed by atoms with Crippen LogP contribution in [0.4, 0.5) is 0 Å². The first-order valence-electron chi connectivity index (χ1n) is 3.90. The van der Waals surface area contributed by atoms with Crippen molar-refractivity contribution in [3.05, 3.63) is 36.3 Å². The molecule has 0 aliphatic carbocycles. The molecule has 1 heterocycles. The molecule has 12 heavy (non-hydrogen) atoms. The topological polar surface area (TPSA) is 41.6 Å². The summed E-state index contributed by atoms with van der Waals surface area (Å²) in [4.78, 5) is 4.15. The number of nitrogens with zero attached hydrogens (tertiary/aromatic N) is 2. The Hall–Kier alpha value is -1.35. The Balaban J connectivity index is 2.99. The first-order valence-corrected chi connectivity index (χ1v) is 3.90. The van der Waals surface area contributed by atoms with Gasteiger partial charge in [0.25, 0.3) is 0 Å². The van der Waals surface area contributed by atoms with Crippen LogP contribution in [0, 0.1) is 0 Å². The molecule has 1 aliphatic heterocycles. The maximum absolute atomic E-state index is 5.66. The summed E-state index contributed by atoms with van der Waals surface area (Å²) in [5.74, 6) is 6.43. The van der Waals surface area contributed by atoms with Gasteiger partial charge in [-0.05, 0) is 18.1 Å². The summed E-state index contributed by atoms with van der Waals surface area (Å²) in [6.45, 7) is 5.75. The molecule has 0 atom stereocenters. The molecule has 1 rings (SSSR count). The van der Waals surface area contributed by atoms with E-state index in [1.807, 2.05) is 6.92 Å². The first kappa shape index (κ1) is 8.74. The third-order valence-corrected chi connectivity index (χ3v) is 1.69. The molecule has 3 nitrogen and oxygen atoms in total. The predicted molar refractivity (Wildman–Crippen MR) is 51.2 cm³/mol. The quantitative estimate of drug-likeness (QED) is 0.628. The number of hydrogen-bond donors (Lipinski definition) is 1. The van der Waals surface area contributed by atoms with Gasteiger partial charge < -0.3 is 0 Å². The van der Waals surface area contributed by atoms with E-state index in [0.29, 0.717) is 0 Å². The molecule has 2 N–H and O–H groups in total. The normalized spacial score (nSPS) is 19.7. The SMILES string of the molecule is C=C/C(CC)=C1/N=CC=CN1N. The number of hydrogen-bond acceptors (Lipinski definition) is 3. The van der Waals surface area contributed by atoms with E-state index >= 15 is 0 Å². The second-order valence-corrected chi connectivity index (χ2v) is 2.43. The van der Waals surface area contributed by atoms with Crippen LogP contribution in [0.3, 0.4) is 0 Å². The van der Waals surface area contributed by atoms with Gasteiger partial charge in [-0.1, -0.05) is 19.6 Å². The zero-order chi connectivity index (χ0) is 8.97. The smallest absolute Gasteiger partial charge is 0.149 e. The van der Waals surface area contributed by atoms with Crippen molar-refractivity contribution in [1.82, 2.24) is 5.01 Å². The summed E-state index contributed by atoms with van der Waals surface area (Å²) in [6.07, 6.45) is 7.95. The molecule has 1 aliphatic rings. The highest BCUT2D eigenvalue weighted by atomic mass is 15.4. The zero-order valence-electron chi connectivity index (χ0n) is 7.20. The molecule has 0 aromatic carbocycles. The summed E-state index contributed by atoms with van der Waals surface area (Å²) < 4.78 is 0. The Labute approximate surface area is 72.5 Å². The van der Waals surface area contributed by atoms with Crippen molar-refractivity contribution in [3.8, 4) is 0 Å². The lowest BCUT2D eigenvalue weighted by atomic mass is 10.2. The minimum absolute atomic E-state index is 0.773. The van der Waals surface area contributed by atoms with Crippen LogP contribution in [0.1, 0.15) is 13.3 Å². The summed E-state index contributed by atoms with van der Waals surface area (Å²) in [6, 6.07) is 0. The second-order valence-electron chi connectivity index (χ2n) is 2.43. The second kappa shape index (κ2) is 3.88. The van der Waals surface area contributed by atoms with Gasteiger partial charge in [0.05, 0.1) is 0 Å². The van der Waals surface area contributed by atoms with Gasteiger partial charge in [0, 0.05) is 12.4 Å². The van der Waals surface area contributed by atoms with Gasteiger partial charge in [-0.3, -0.25) is 5.01 Å². The number of allylic oxidation sites excluding steroid dienone is 3. The van der Waals surface area contributed by atoms with E-state index < -0.39 is 0 Å². The maximum Gasteiger partial charge on any atom is 0.149 e. The number of nitrogens with two attached hydrogens (primary N) is 1. The first-order chi connectivity index (χ1) is 5.79. The molecule has 0 fully saturated rings. The van der Waals surface area contributed by atoms with E-state index in [4.69, 9.17) is 5.84 Å².